The number of hydrogen-bond acceptors (Lipinski definition) is 5. The molecule has 1 unspecified atom stereocenters. The predicted molar refractivity (Wildman–Crippen MR) is 88.9 cm³/mol. The number of sulfonamides is 1. The van der Waals surface area contributed by atoms with Crippen LogP contribution in [-0.4, -0.2) is 48.8 Å². The number of nitrogens with zero attached hydrogens (tertiary/aromatic N) is 2. The van der Waals surface area contributed by atoms with Gasteiger partial charge in [-0.3, -0.25) is 4.79 Å². The first-order chi connectivity index (χ1) is 11.4. The Kier molecular flexibility index (Phi) is 5.24. The monoisotopic (exact) mass is 355 g/mol. The maximum atomic E-state index is 12.6. The van der Waals surface area contributed by atoms with Crippen LogP contribution in [0.1, 0.15) is 50.0 Å². The third-order valence-corrected chi connectivity index (χ3v) is 6.79. The maximum Gasteiger partial charge on any atom is 0.228 e. The number of aromatic nitrogens is 1. The first-order valence-electron chi connectivity index (χ1n) is 8.65. The first kappa shape index (κ1) is 17.4. The molecule has 3 rings (SSSR count). The summed E-state index contributed by atoms with van der Waals surface area (Å²) in [5.74, 6) is 0.571. The van der Waals surface area contributed by atoms with Crippen molar-refractivity contribution in [3.63, 3.8) is 0 Å². The molecule has 2 aliphatic rings. The zero-order valence-electron chi connectivity index (χ0n) is 14.0. The molecular weight excluding hydrogens is 330 g/mol. The number of piperidine rings is 1. The van der Waals surface area contributed by atoms with Gasteiger partial charge in [-0.1, -0.05) is 18.0 Å². The van der Waals surface area contributed by atoms with Crippen LogP contribution in [0.15, 0.2) is 10.6 Å². The van der Waals surface area contributed by atoms with Gasteiger partial charge in [0.1, 0.15) is 5.76 Å². The van der Waals surface area contributed by atoms with E-state index in [1.807, 2.05) is 0 Å². The molecule has 24 heavy (non-hydrogen) atoms. The molecule has 1 N–H and O–H groups in total. The number of hydrogen-bond donors (Lipinski definition) is 1. The second kappa shape index (κ2) is 7.23. The second-order valence-electron chi connectivity index (χ2n) is 6.85. The summed E-state index contributed by atoms with van der Waals surface area (Å²) in [4.78, 5) is 14.1. The summed E-state index contributed by atoms with van der Waals surface area (Å²) in [6.07, 6.45) is 5.47. The minimum absolute atomic E-state index is 0.0687. The molecule has 0 bridgehead atoms. The Morgan fingerprint density at radius 1 is 1.33 bits per heavy atom. The van der Waals surface area contributed by atoms with Gasteiger partial charge >= 0.3 is 0 Å². The van der Waals surface area contributed by atoms with E-state index in [0.717, 1.165) is 25.7 Å². The average Bonchev–Trinajstić information content (AvgIpc) is 3.19. The highest BCUT2D eigenvalue weighted by Crippen LogP contribution is 2.22. The summed E-state index contributed by atoms with van der Waals surface area (Å²) in [6, 6.07) is 1.80. The van der Waals surface area contributed by atoms with Crippen molar-refractivity contribution in [2.45, 2.75) is 63.2 Å². The molecule has 1 aromatic heterocycles. The highest BCUT2D eigenvalue weighted by molar-refractivity contribution is 7.90. The molecular formula is C16H25N3O4S. The van der Waals surface area contributed by atoms with Crippen LogP contribution in [0.4, 0.5) is 0 Å². The molecule has 8 heteroatoms. The summed E-state index contributed by atoms with van der Waals surface area (Å²) in [6.45, 7) is 2.64. The van der Waals surface area contributed by atoms with Crippen molar-refractivity contribution < 1.29 is 17.7 Å². The number of carbonyl (C=O) groups excluding carboxylic acids is 1. The van der Waals surface area contributed by atoms with E-state index in [2.05, 4.69) is 9.88 Å². The first-order valence-corrected chi connectivity index (χ1v) is 10.2. The Morgan fingerprint density at radius 3 is 2.75 bits per heavy atom. The Hall–Kier alpha value is -1.41. The second-order valence-corrected chi connectivity index (χ2v) is 8.85. The minimum Gasteiger partial charge on any atom is -0.361 e. The lowest BCUT2D eigenvalue weighted by molar-refractivity contribution is -0.131. The lowest BCUT2D eigenvalue weighted by Crippen LogP contribution is -2.50. The number of rotatable bonds is 5. The van der Waals surface area contributed by atoms with E-state index in [0.29, 0.717) is 30.8 Å². The zero-order valence-corrected chi connectivity index (χ0v) is 14.8. The van der Waals surface area contributed by atoms with Crippen LogP contribution in [0.5, 0.6) is 0 Å². The van der Waals surface area contributed by atoms with E-state index < -0.39 is 15.3 Å². The van der Waals surface area contributed by atoms with Crippen LogP contribution in [0.2, 0.25) is 0 Å². The van der Waals surface area contributed by atoms with Crippen molar-refractivity contribution in [2.24, 2.45) is 0 Å². The van der Waals surface area contributed by atoms with Gasteiger partial charge in [-0.25, -0.2) is 13.1 Å². The minimum atomic E-state index is -3.38. The van der Waals surface area contributed by atoms with Gasteiger partial charge in [-0.05, 0) is 32.6 Å². The molecule has 7 nitrogen and oxygen atoms in total. The Labute approximate surface area is 142 Å². The number of amides is 1. The largest absolute Gasteiger partial charge is 0.361 e. The van der Waals surface area contributed by atoms with Crippen molar-refractivity contribution in [3.05, 3.63) is 17.5 Å². The molecule has 0 spiro atoms. The lowest BCUT2D eigenvalue weighted by Gasteiger charge is -2.33. The fourth-order valence-corrected chi connectivity index (χ4v) is 5.30. The lowest BCUT2D eigenvalue weighted by atomic mass is 10.1. The molecule has 1 saturated carbocycles. The molecule has 0 radical (unpaired) electrons. The summed E-state index contributed by atoms with van der Waals surface area (Å²) >= 11 is 0. The Bertz CT molecular complexity index is 679. The molecule has 134 valence electrons. The van der Waals surface area contributed by atoms with Crippen LogP contribution in [0.3, 0.4) is 0 Å². The molecule has 1 saturated heterocycles. The van der Waals surface area contributed by atoms with E-state index in [1.54, 1.807) is 17.9 Å². The summed E-state index contributed by atoms with van der Waals surface area (Å²) in [5, 5.41) is 3.32. The fourth-order valence-electron chi connectivity index (χ4n) is 3.56. The molecule has 1 amide bonds. The SMILES string of the molecule is Cc1cc(CC(=O)N2CCCC(S(=O)(=O)NC3CCCC3)C2)no1. The Morgan fingerprint density at radius 2 is 2.08 bits per heavy atom. The molecule has 2 fully saturated rings. The molecule has 1 aliphatic heterocycles. The quantitative estimate of drug-likeness (QED) is 0.861. The maximum absolute atomic E-state index is 12.6. The smallest absolute Gasteiger partial charge is 0.228 e. The van der Waals surface area contributed by atoms with Crippen molar-refractivity contribution in [2.75, 3.05) is 13.1 Å². The number of likely N-dealkylation sites (tertiary alicyclic amines) is 1. The third-order valence-electron chi connectivity index (χ3n) is 4.86. The van der Waals surface area contributed by atoms with E-state index in [-0.39, 0.29) is 24.9 Å². The van der Waals surface area contributed by atoms with Gasteiger partial charge in [0.15, 0.2) is 0 Å². The van der Waals surface area contributed by atoms with Crippen LogP contribution in [-0.2, 0) is 21.2 Å². The number of nitrogens with one attached hydrogen (secondary N) is 1. The van der Waals surface area contributed by atoms with E-state index >= 15 is 0 Å². The summed E-state index contributed by atoms with van der Waals surface area (Å²) in [7, 11) is -3.38. The van der Waals surface area contributed by atoms with Gasteiger partial charge in [0.2, 0.25) is 15.9 Å². The third kappa shape index (κ3) is 4.16. The van der Waals surface area contributed by atoms with Gasteiger partial charge in [0.25, 0.3) is 0 Å². The van der Waals surface area contributed by atoms with Crippen molar-refractivity contribution in [1.82, 2.24) is 14.8 Å². The van der Waals surface area contributed by atoms with Gasteiger partial charge in [0.05, 0.1) is 17.4 Å². The molecule has 0 aromatic carbocycles. The number of aryl methyl sites for hydroxylation is 1. The van der Waals surface area contributed by atoms with Crippen LogP contribution < -0.4 is 4.72 Å². The highest BCUT2D eigenvalue weighted by atomic mass is 32.2. The normalized spacial score (nSPS) is 22.9. The van der Waals surface area contributed by atoms with Crippen molar-refractivity contribution >= 4 is 15.9 Å². The van der Waals surface area contributed by atoms with Gasteiger partial charge in [-0.2, -0.15) is 0 Å². The van der Waals surface area contributed by atoms with Crippen molar-refractivity contribution in [3.8, 4) is 0 Å². The topological polar surface area (TPSA) is 92.5 Å². The van der Waals surface area contributed by atoms with Crippen LogP contribution in [0.25, 0.3) is 0 Å². The van der Waals surface area contributed by atoms with E-state index in [4.69, 9.17) is 4.52 Å². The van der Waals surface area contributed by atoms with Gasteiger partial charge < -0.3 is 9.42 Å². The van der Waals surface area contributed by atoms with E-state index in [9.17, 15) is 13.2 Å². The van der Waals surface area contributed by atoms with Crippen LogP contribution >= 0.6 is 0 Å². The van der Waals surface area contributed by atoms with E-state index in [1.165, 1.54) is 0 Å². The zero-order chi connectivity index (χ0) is 17.2. The van der Waals surface area contributed by atoms with Gasteiger partial charge in [0, 0.05) is 25.2 Å². The molecule has 1 aliphatic carbocycles. The van der Waals surface area contributed by atoms with Crippen LogP contribution in [0, 0.1) is 6.92 Å². The predicted octanol–water partition coefficient (Wildman–Crippen LogP) is 1.38. The number of carbonyl (C=O) groups is 1. The molecule has 1 aromatic rings. The fraction of sp³-hybridized carbons (Fsp3) is 0.750. The standard InChI is InChI=1S/C16H25N3O4S/c1-12-9-14(17-23-12)10-16(20)19-8-4-7-15(11-19)24(21,22)18-13-5-2-3-6-13/h9,13,15,18H,2-8,10-11H2,1H3. The summed E-state index contributed by atoms with van der Waals surface area (Å²) < 4.78 is 33.0. The van der Waals surface area contributed by atoms with Gasteiger partial charge in [-0.15, -0.1) is 0 Å². The highest BCUT2D eigenvalue weighted by Gasteiger charge is 2.34. The van der Waals surface area contributed by atoms with Crippen molar-refractivity contribution in [1.29, 1.82) is 0 Å². The Balaban J connectivity index is 1.59. The average molecular weight is 355 g/mol. The summed E-state index contributed by atoms with van der Waals surface area (Å²) in [5.41, 5.74) is 0.589. The molecule has 1 atom stereocenters. The molecule has 2 heterocycles.